The zero-order chi connectivity index (χ0) is 20.4. The molecule has 0 saturated heterocycles. The first-order valence-corrected chi connectivity index (χ1v) is 9.80. The molecule has 8 heteroatoms. The Bertz CT molecular complexity index is 1030. The third-order valence-corrected chi connectivity index (χ3v) is 4.83. The second-order valence-electron chi connectivity index (χ2n) is 5.38. The van der Waals surface area contributed by atoms with Crippen molar-refractivity contribution in [1.29, 1.82) is 10.5 Å². The maximum atomic E-state index is 9.14. The van der Waals surface area contributed by atoms with Gasteiger partial charge in [0.05, 0.1) is 35.3 Å². The summed E-state index contributed by atoms with van der Waals surface area (Å²) in [6.45, 7) is 7.60. The fourth-order valence-electron chi connectivity index (χ4n) is 2.51. The van der Waals surface area contributed by atoms with Gasteiger partial charge in [-0.25, -0.2) is 9.97 Å². The molecule has 0 aromatic carbocycles. The van der Waals surface area contributed by atoms with E-state index in [4.69, 9.17) is 10.5 Å². The highest BCUT2D eigenvalue weighted by atomic mass is 32.2. The van der Waals surface area contributed by atoms with E-state index < -0.39 is 0 Å². The molecule has 0 amide bonds. The number of nitrogens with one attached hydrogen (secondary N) is 1. The Labute approximate surface area is 168 Å². The molecule has 1 N–H and O–H groups in total. The molecule has 3 aromatic heterocycles. The van der Waals surface area contributed by atoms with Gasteiger partial charge in [-0.3, -0.25) is 4.68 Å². The fourth-order valence-corrected chi connectivity index (χ4v) is 3.41. The van der Waals surface area contributed by atoms with Crippen LogP contribution in [0.25, 0.3) is 22.3 Å². The molecule has 7 nitrogen and oxygen atoms in total. The predicted molar refractivity (Wildman–Crippen MR) is 112 cm³/mol. The van der Waals surface area contributed by atoms with Crippen molar-refractivity contribution in [2.24, 2.45) is 0 Å². The van der Waals surface area contributed by atoms with Crippen LogP contribution in [-0.2, 0) is 0 Å². The van der Waals surface area contributed by atoms with Gasteiger partial charge in [0, 0.05) is 29.1 Å². The van der Waals surface area contributed by atoms with Gasteiger partial charge in [0.2, 0.25) is 0 Å². The Morgan fingerprint density at radius 3 is 2.93 bits per heavy atom. The number of nitrogens with zero attached hydrogens (tertiary/aromatic N) is 6. The van der Waals surface area contributed by atoms with Crippen LogP contribution < -0.4 is 0 Å². The molecule has 0 radical (unpaired) electrons. The maximum absolute atomic E-state index is 9.14. The van der Waals surface area contributed by atoms with Gasteiger partial charge in [0.1, 0.15) is 18.0 Å². The molecule has 0 aliphatic carbocycles. The molecule has 0 saturated carbocycles. The second kappa shape index (κ2) is 10.7. The molecule has 28 heavy (non-hydrogen) atoms. The summed E-state index contributed by atoms with van der Waals surface area (Å²) in [5.41, 5.74) is 2.40. The van der Waals surface area contributed by atoms with Crippen LogP contribution in [0.5, 0.6) is 0 Å². The van der Waals surface area contributed by atoms with E-state index in [9.17, 15) is 0 Å². The zero-order valence-corrected chi connectivity index (χ0v) is 16.6. The van der Waals surface area contributed by atoms with Crippen molar-refractivity contribution < 1.29 is 0 Å². The van der Waals surface area contributed by atoms with Crippen molar-refractivity contribution in [1.82, 2.24) is 24.7 Å². The lowest BCUT2D eigenvalue weighted by atomic mass is 10.2. The average molecular weight is 392 g/mol. The van der Waals surface area contributed by atoms with Crippen LogP contribution in [0.3, 0.4) is 0 Å². The van der Waals surface area contributed by atoms with E-state index in [1.165, 1.54) is 18.1 Å². The quantitative estimate of drug-likeness (QED) is 0.465. The van der Waals surface area contributed by atoms with Crippen LogP contribution in [0, 0.1) is 22.7 Å². The molecule has 3 rings (SSSR count). The van der Waals surface area contributed by atoms with Crippen LogP contribution in [0.15, 0.2) is 54.6 Å². The van der Waals surface area contributed by atoms with Gasteiger partial charge in [-0.1, -0.05) is 26.5 Å². The molecule has 0 spiro atoms. The molecule has 0 aliphatic heterocycles. The van der Waals surface area contributed by atoms with Gasteiger partial charge in [-0.15, -0.1) is 11.8 Å². The second-order valence-corrected chi connectivity index (χ2v) is 6.44. The first kappa shape index (κ1) is 20.9. The smallest absolute Gasteiger partial charge is 0.141 e. The molecular formula is C20H21N7S. The van der Waals surface area contributed by atoms with Crippen LogP contribution >= 0.6 is 11.8 Å². The van der Waals surface area contributed by atoms with E-state index >= 15 is 0 Å². The fraction of sp³-hybridized carbons (Fsp3) is 0.250. The highest BCUT2D eigenvalue weighted by Gasteiger charge is 2.16. The van der Waals surface area contributed by atoms with Gasteiger partial charge >= 0.3 is 0 Å². The van der Waals surface area contributed by atoms with E-state index in [1.54, 1.807) is 23.0 Å². The Kier molecular flexibility index (Phi) is 8.01. The number of allylic oxidation sites excluding steroid dienone is 3. The summed E-state index contributed by atoms with van der Waals surface area (Å²) in [7, 11) is 0. The van der Waals surface area contributed by atoms with Crippen molar-refractivity contribution in [2.75, 3.05) is 5.75 Å². The Morgan fingerprint density at radius 1 is 1.39 bits per heavy atom. The third kappa shape index (κ3) is 4.87. The van der Waals surface area contributed by atoms with Crippen LogP contribution in [0.1, 0.15) is 26.3 Å². The molecular weight excluding hydrogens is 370 g/mol. The molecule has 1 unspecified atom stereocenters. The predicted octanol–water partition coefficient (Wildman–Crippen LogP) is 4.63. The summed E-state index contributed by atoms with van der Waals surface area (Å²) >= 11 is 1.38. The largest absolute Gasteiger partial charge is 0.346 e. The van der Waals surface area contributed by atoms with Gasteiger partial charge in [0.25, 0.3) is 0 Å². The van der Waals surface area contributed by atoms with Crippen LogP contribution in [0.2, 0.25) is 0 Å². The van der Waals surface area contributed by atoms with E-state index in [1.807, 2.05) is 32.3 Å². The maximum Gasteiger partial charge on any atom is 0.141 e. The monoisotopic (exact) mass is 391 g/mol. The average Bonchev–Trinajstić information content (AvgIpc) is 3.41. The SMILES string of the molecule is C=C/C=C(/C#N)SCC(CC#N)n1cc(-c2ncnc3[nH]ccc23)cn1.CC. The third-order valence-electron chi connectivity index (χ3n) is 3.74. The van der Waals surface area contributed by atoms with E-state index in [-0.39, 0.29) is 6.04 Å². The lowest BCUT2D eigenvalue weighted by Crippen LogP contribution is -2.11. The number of nitriles is 2. The first-order valence-electron chi connectivity index (χ1n) is 8.82. The Morgan fingerprint density at radius 2 is 2.21 bits per heavy atom. The molecule has 3 aromatic rings. The standard InChI is InChI=1S/C18H15N7S.C2H6/c1-2-3-15(8-20)26-11-14(4-6-19)25-10-13(9-24-25)17-16-5-7-21-18(16)23-12-22-17;1-2/h2-3,5,7,9-10,12,14H,1,4,11H2,(H,21,22,23);1-2H3/b15-3-;. The molecule has 0 bridgehead atoms. The van der Waals surface area contributed by atoms with Crippen molar-refractivity contribution in [3.8, 4) is 23.4 Å². The number of hydrogen-bond acceptors (Lipinski definition) is 6. The summed E-state index contributed by atoms with van der Waals surface area (Å²) in [6, 6.07) is 6.08. The minimum Gasteiger partial charge on any atom is -0.346 e. The van der Waals surface area contributed by atoms with E-state index in [2.05, 4.69) is 38.8 Å². The topological polar surface area (TPSA) is 107 Å². The molecule has 0 fully saturated rings. The summed E-state index contributed by atoms with van der Waals surface area (Å²) in [6.07, 6.45) is 10.5. The zero-order valence-electron chi connectivity index (χ0n) is 15.8. The van der Waals surface area contributed by atoms with Gasteiger partial charge in [-0.05, 0) is 12.1 Å². The van der Waals surface area contributed by atoms with Crippen molar-refractivity contribution in [3.63, 3.8) is 0 Å². The highest BCUT2D eigenvalue weighted by molar-refractivity contribution is 8.03. The van der Waals surface area contributed by atoms with Crippen LogP contribution in [0.4, 0.5) is 0 Å². The van der Waals surface area contributed by atoms with Crippen molar-refractivity contribution in [2.45, 2.75) is 26.3 Å². The highest BCUT2D eigenvalue weighted by Crippen LogP contribution is 2.27. The Balaban J connectivity index is 0.00000136. The number of aromatic amines is 1. The summed E-state index contributed by atoms with van der Waals surface area (Å²) in [4.78, 5) is 12.2. The van der Waals surface area contributed by atoms with Gasteiger partial charge < -0.3 is 4.98 Å². The number of fused-ring (bicyclic) bond motifs is 1. The number of rotatable bonds is 7. The lowest BCUT2D eigenvalue weighted by Gasteiger charge is -2.13. The lowest BCUT2D eigenvalue weighted by molar-refractivity contribution is 0.508. The van der Waals surface area contributed by atoms with E-state index in [0.717, 1.165) is 22.3 Å². The molecule has 1 atom stereocenters. The number of H-pyrrole nitrogens is 1. The minimum absolute atomic E-state index is 0.149. The Hall–Kier alpha value is -3.36. The first-order chi connectivity index (χ1) is 13.8. The normalized spacial score (nSPS) is 11.8. The van der Waals surface area contributed by atoms with Crippen molar-refractivity contribution >= 4 is 22.8 Å². The summed E-state index contributed by atoms with van der Waals surface area (Å²) in [5.74, 6) is 0.561. The summed E-state index contributed by atoms with van der Waals surface area (Å²) in [5, 5.41) is 23.6. The van der Waals surface area contributed by atoms with Gasteiger partial charge in [0.15, 0.2) is 0 Å². The van der Waals surface area contributed by atoms with E-state index in [0.29, 0.717) is 17.1 Å². The molecule has 3 heterocycles. The van der Waals surface area contributed by atoms with Crippen LogP contribution in [-0.4, -0.2) is 30.5 Å². The number of aromatic nitrogens is 5. The molecule has 0 aliphatic rings. The molecule has 142 valence electrons. The number of thioether (sulfide) groups is 1. The minimum atomic E-state index is -0.149. The summed E-state index contributed by atoms with van der Waals surface area (Å²) < 4.78 is 1.76. The number of hydrogen-bond donors (Lipinski definition) is 1. The van der Waals surface area contributed by atoms with Gasteiger partial charge in [-0.2, -0.15) is 15.6 Å². The van der Waals surface area contributed by atoms with Crippen molar-refractivity contribution in [3.05, 3.63) is 54.6 Å².